The van der Waals surface area contributed by atoms with Crippen LogP contribution >= 0.6 is 11.6 Å². The van der Waals surface area contributed by atoms with E-state index < -0.39 is 0 Å². The summed E-state index contributed by atoms with van der Waals surface area (Å²) in [6.45, 7) is 0.665. The number of nitrogens with zero attached hydrogens (tertiary/aromatic N) is 1. The summed E-state index contributed by atoms with van der Waals surface area (Å²) >= 11 is 6.01. The summed E-state index contributed by atoms with van der Waals surface area (Å²) in [5, 5.41) is 0.581. The summed E-state index contributed by atoms with van der Waals surface area (Å²) in [6, 6.07) is 5.61. The van der Waals surface area contributed by atoms with Crippen LogP contribution in [0.1, 0.15) is 5.56 Å². The molecule has 4 nitrogen and oxygen atoms in total. The molecule has 94 valence electrons. The zero-order valence-electron chi connectivity index (χ0n) is 10.1. The van der Waals surface area contributed by atoms with Crippen molar-refractivity contribution in [3.63, 3.8) is 0 Å². The summed E-state index contributed by atoms with van der Waals surface area (Å²) in [7, 11) is 3.31. The monoisotopic (exact) mass is 256 g/mol. The van der Waals surface area contributed by atoms with Gasteiger partial charge in [-0.25, -0.2) is 0 Å². The Balaban J connectivity index is 2.58. The maximum atomic E-state index is 11.3. The van der Waals surface area contributed by atoms with Gasteiger partial charge in [0.05, 0.1) is 18.7 Å². The number of carbonyl (C=O) groups is 1. The molecule has 5 heteroatoms. The first-order valence-electron chi connectivity index (χ1n) is 5.35. The predicted molar refractivity (Wildman–Crippen MR) is 68.4 cm³/mol. The second-order valence-corrected chi connectivity index (χ2v) is 4.15. The van der Waals surface area contributed by atoms with Crippen molar-refractivity contribution in [1.82, 2.24) is 4.90 Å². The summed E-state index contributed by atoms with van der Waals surface area (Å²) in [5.41, 5.74) is 6.34. The van der Waals surface area contributed by atoms with Gasteiger partial charge in [0.2, 0.25) is 5.91 Å². The molecule has 2 N–H and O–H groups in total. The van der Waals surface area contributed by atoms with Gasteiger partial charge in [-0.15, -0.1) is 0 Å². The fraction of sp³-hybridized carbons (Fsp3) is 0.417. The Hall–Kier alpha value is -1.26. The molecule has 1 aromatic rings. The van der Waals surface area contributed by atoms with Crippen LogP contribution in [0.25, 0.3) is 0 Å². The van der Waals surface area contributed by atoms with Crippen molar-refractivity contribution in [2.45, 2.75) is 6.42 Å². The van der Waals surface area contributed by atoms with Crippen molar-refractivity contribution >= 4 is 17.5 Å². The molecule has 0 bridgehead atoms. The Morgan fingerprint density at radius 1 is 1.53 bits per heavy atom. The number of carbonyl (C=O) groups excluding carboxylic acids is 1. The number of rotatable bonds is 5. The molecule has 17 heavy (non-hydrogen) atoms. The molecule has 0 heterocycles. The van der Waals surface area contributed by atoms with E-state index in [1.165, 1.54) is 0 Å². The molecular weight excluding hydrogens is 240 g/mol. The molecule has 0 aliphatic rings. The van der Waals surface area contributed by atoms with Crippen LogP contribution in [-0.4, -0.2) is 38.1 Å². The third-order valence-corrected chi connectivity index (χ3v) is 2.85. The molecule has 0 unspecified atom stereocenters. The Morgan fingerprint density at radius 3 is 2.76 bits per heavy atom. The molecular formula is C12H17ClN2O2. The minimum Gasteiger partial charge on any atom is -0.495 e. The van der Waals surface area contributed by atoms with Crippen LogP contribution < -0.4 is 10.5 Å². The summed E-state index contributed by atoms with van der Waals surface area (Å²) in [6.07, 6.45) is 0.742. The number of halogens is 1. The van der Waals surface area contributed by atoms with Crippen LogP contribution in [0.4, 0.5) is 0 Å². The van der Waals surface area contributed by atoms with Crippen molar-refractivity contribution in [1.29, 1.82) is 0 Å². The maximum Gasteiger partial charge on any atom is 0.236 e. The van der Waals surface area contributed by atoms with Crippen LogP contribution in [0.3, 0.4) is 0 Å². The van der Waals surface area contributed by atoms with E-state index in [4.69, 9.17) is 22.1 Å². The van der Waals surface area contributed by atoms with E-state index in [9.17, 15) is 4.79 Å². The van der Waals surface area contributed by atoms with Crippen LogP contribution in [0, 0.1) is 0 Å². The van der Waals surface area contributed by atoms with Gasteiger partial charge in [-0.2, -0.15) is 0 Å². The van der Waals surface area contributed by atoms with Crippen LogP contribution in [-0.2, 0) is 11.2 Å². The van der Waals surface area contributed by atoms with Gasteiger partial charge >= 0.3 is 0 Å². The highest BCUT2D eigenvalue weighted by Gasteiger charge is 2.07. The highest BCUT2D eigenvalue weighted by atomic mass is 35.5. The fourth-order valence-electron chi connectivity index (χ4n) is 1.44. The number of hydrogen-bond donors (Lipinski definition) is 1. The van der Waals surface area contributed by atoms with E-state index in [1.54, 1.807) is 19.1 Å². The molecule has 0 saturated heterocycles. The number of nitrogens with two attached hydrogens (primary N) is 1. The number of amides is 1. The first kappa shape index (κ1) is 13.8. The lowest BCUT2D eigenvalue weighted by atomic mass is 10.1. The largest absolute Gasteiger partial charge is 0.495 e. The van der Waals surface area contributed by atoms with E-state index in [-0.39, 0.29) is 12.5 Å². The molecule has 0 atom stereocenters. The van der Waals surface area contributed by atoms with Crippen molar-refractivity contribution in [3.8, 4) is 5.75 Å². The van der Waals surface area contributed by atoms with Crippen molar-refractivity contribution in [3.05, 3.63) is 28.8 Å². The first-order valence-corrected chi connectivity index (χ1v) is 5.72. The summed E-state index contributed by atoms with van der Waals surface area (Å²) in [5.74, 6) is 0.589. The minimum atomic E-state index is -0.0652. The molecule has 0 fully saturated rings. The predicted octanol–water partition coefficient (Wildman–Crippen LogP) is 1.31. The minimum absolute atomic E-state index is 0.0415. The number of benzene rings is 1. The van der Waals surface area contributed by atoms with Gasteiger partial charge in [-0.1, -0.05) is 17.7 Å². The lowest BCUT2D eigenvalue weighted by Gasteiger charge is -2.16. The van der Waals surface area contributed by atoms with Gasteiger partial charge in [0.25, 0.3) is 0 Å². The summed E-state index contributed by atoms with van der Waals surface area (Å²) in [4.78, 5) is 12.9. The average Bonchev–Trinajstić information content (AvgIpc) is 2.35. The molecule has 0 aliphatic heterocycles. The highest BCUT2D eigenvalue weighted by molar-refractivity contribution is 6.32. The van der Waals surface area contributed by atoms with E-state index in [0.29, 0.717) is 17.3 Å². The van der Waals surface area contributed by atoms with Gasteiger partial charge in [-0.05, 0) is 24.1 Å². The van der Waals surface area contributed by atoms with Gasteiger partial charge in [0.15, 0.2) is 0 Å². The third kappa shape index (κ3) is 3.91. The van der Waals surface area contributed by atoms with Crippen molar-refractivity contribution < 1.29 is 9.53 Å². The van der Waals surface area contributed by atoms with Crippen molar-refractivity contribution in [2.24, 2.45) is 5.73 Å². The average molecular weight is 257 g/mol. The van der Waals surface area contributed by atoms with Crippen LogP contribution in [0.5, 0.6) is 5.75 Å². The number of methoxy groups -OCH3 is 1. The van der Waals surface area contributed by atoms with Crippen LogP contribution in [0.2, 0.25) is 5.02 Å². The zero-order valence-corrected chi connectivity index (χ0v) is 10.8. The second-order valence-electron chi connectivity index (χ2n) is 3.74. The SMILES string of the molecule is COc1ccc(CCN(C)C(=O)CN)cc1Cl. The van der Waals surface area contributed by atoms with Crippen molar-refractivity contribution in [2.75, 3.05) is 27.2 Å². The Morgan fingerprint density at radius 2 is 2.24 bits per heavy atom. The highest BCUT2D eigenvalue weighted by Crippen LogP contribution is 2.25. The van der Waals surface area contributed by atoms with E-state index in [2.05, 4.69) is 0 Å². The second kappa shape index (κ2) is 6.47. The fourth-order valence-corrected chi connectivity index (χ4v) is 1.72. The Kier molecular flexibility index (Phi) is 5.25. The molecule has 0 aliphatic carbocycles. The quantitative estimate of drug-likeness (QED) is 0.864. The van der Waals surface area contributed by atoms with E-state index >= 15 is 0 Å². The van der Waals surface area contributed by atoms with Gasteiger partial charge < -0.3 is 15.4 Å². The van der Waals surface area contributed by atoms with E-state index in [0.717, 1.165) is 12.0 Å². The third-order valence-electron chi connectivity index (χ3n) is 2.55. The standard InChI is InChI=1S/C12H17ClN2O2/c1-15(12(16)8-14)6-5-9-3-4-11(17-2)10(13)7-9/h3-4,7H,5-6,8,14H2,1-2H3. The Labute approximate surface area is 106 Å². The van der Waals surface area contributed by atoms with Gasteiger partial charge in [0.1, 0.15) is 5.75 Å². The zero-order chi connectivity index (χ0) is 12.8. The lowest BCUT2D eigenvalue weighted by molar-refractivity contribution is -0.128. The number of hydrogen-bond acceptors (Lipinski definition) is 3. The summed E-state index contributed by atoms with van der Waals surface area (Å²) < 4.78 is 5.07. The normalized spacial score (nSPS) is 10.1. The molecule has 1 rings (SSSR count). The maximum absolute atomic E-state index is 11.3. The van der Waals surface area contributed by atoms with E-state index in [1.807, 2.05) is 18.2 Å². The lowest BCUT2D eigenvalue weighted by Crippen LogP contribution is -2.34. The number of ether oxygens (including phenoxy) is 1. The van der Waals surface area contributed by atoms with Gasteiger partial charge in [-0.3, -0.25) is 4.79 Å². The van der Waals surface area contributed by atoms with Crippen LogP contribution in [0.15, 0.2) is 18.2 Å². The molecule has 1 amide bonds. The molecule has 0 saturated carbocycles. The Bertz CT molecular complexity index is 396. The molecule has 0 radical (unpaired) electrons. The van der Waals surface area contributed by atoms with Gasteiger partial charge in [0, 0.05) is 13.6 Å². The number of likely N-dealkylation sites (N-methyl/N-ethyl adjacent to an activating group) is 1. The molecule has 0 aromatic heterocycles. The first-order chi connectivity index (χ1) is 8.08. The molecule has 0 spiro atoms. The smallest absolute Gasteiger partial charge is 0.236 e. The topological polar surface area (TPSA) is 55.6 Å². The molecule has 1 aromatic carbocycles.